The number of carbonyl (C=O) groups is 1. The molecule has 90 valence electrons. The third-order valence-corrected chi connectivity index (χ3v) is 2.64. The molecule has 0 aliphatic rings. The summed E-state index contributed by atoms with van der Waals surface area (Å²) in [6.45, 7) is 7.94. The first-order chi connectivity index (χ1) is 6.99. The van der Waals surface area contributed by atoms with Crippen LogP contribution in [0.5, 0.6) is 0 Å². The van der Waals surface area contributed by atoms with Gasteiger partial charge in [-0.1, -0.05) is 6.92 Å². The second-order valence-electron chi connectivity index (χ2n) is 4.23. The van der Waals surface area contributed by atoms with E-state index >= 15 is 0 Å². The average molecular weight is 215 g/mol. The zero-order valence-electron chi connectivity index (χ0n) is 10.4. The Morgan fingerprint density at radius 3 is 2.53 bits per heavy atom. The molecule has 0 radical (unpaired) electrons. The summed E-state index contributed by atoms with van der Waals surface area (Å²) in [5, 5.41) is 2.84. The molecular formula is C11H25N3O. The van der Waals surface area contributed by atoms with Gasteiger partial charge in [0.2, 0.25) is 5.91 Å². The van der Waals surface area contributed by atoms with Crippen molar-refractivity contribution in [3.8, 4) is 0 Å². The van der Waals surface area contributed by atoms with Gasteiger partial charge in [-0.15, -0.1) is 0 Å². The predicted octanol–water partition coefficient (Wildman–Crippen LogP) is 0.570. The van der Waals surface area contributed by atoms with Crippen molar-refractivity contribution in [1.82, 2.24) is 10.2 Å². The van der Waals surface area contributed by atoms with Gasteiger partial charge in [0.15, 0.2) is 0 Å². The molecule has 0 saturated carbocycles. The van der Waals surface area contributed by atoms with Crippen molar-refractivity contribution in [2.75, 3.05) is 20.1 Å². The van der Waals surface area contributed by atoms with Gasteiger partial charge in [0, 0.05) is 12.6 Å². The van der Waals surface area contributed by atoms with E-state index in [2.05, 4.69) is 31.1 Å². The number of nitrogens with one attached hydrogen (secondary N) is 1. The van der Waals surface area contributed by atoms with Crippen LogP contribution in [-0.4, -0.2) is 43.0 Å². The molecule has 1 amide bonds. The minimum atomic E-state index is -0.354. The van der Waals surface area contributed by atoms with Crippen LogP contribution < -0.4 is 11.1 Å². The van der Waals surface area contributed by atoms with E-state index in [9.17, 15) is 4.79 Å². The van der Waals surface area contributed by atoms with Crippen LogP contribution in [0.2, 0.25) is 0 Å². The molecule has 0 aromatic rings. The summed E-state index contributed by atoms with van der Waals surface area (Å²) < 4.78 is 0. The topological polar surface area (TPSA) is 58.4 Å². The summed E-state index contributed by atoms with van der Waals surface area (Å²) >= 11 is 0. The van der Waals surface area contributed by atoms with Gasteiger partial charge in [-0.2, -0.15) is 0 Å². The van der Waals surface area contributed by atoms with E-state index < -0.39 is 0 Å². The Morgan fingerprint density at radius 1 is 1.47 bits per heavy atom. The van der Waals surface area contributed by atoms with Gasteiger partial charge in [0.1, 0.15) is 0 Å². The van der Waals surface area contributed by atoms with Crippen LogP contribution in [0.1, 0.15) is 33.6 Å². The highest BCUT2D eigenvalue weighted by Crippen LogP contribution is 1.94. The number of carbonyl (C=O) groups excluding carboxylic acids is 1. The third kappa shape index (κ3) is 6.47. The lowest BCUT2D eigenvalue weighted by Gasteiger charge is -2.20. The Morgan fingerprint density at radius 2 is 2.07 bits per heavy atom. The summed E-state index contributed by atoms with van der Waals surface area (Å²) in [6, 6.07) is 0.200. The number of rotatable bonds is 7. The van der Waals surface area contributed by atoms with E-state index in [0.717, 1.165) is 13.0 Å². The van der Waals surface area contributed by atoms with Gasteiger partial charge in [0.25, 0.3) is 0 Å². The van der Waals surface area contributed by atoms with Crippen LogP contribution in [0.25, 0.3) is 0 Å². The van der Waals surface area contributed by atoms with Gasteiger partial charge >= 0.3 is 0 Å². The maximum atomic E-state index is 11.3. The first kappa shape index (κ1) is 14.4. The average Bonchev–Trinajstić information content (AvgIpc) is 2.22. The SMILES string of the molecule is CC[C@H](N)C(=O)NCCCN(C)C(C)C. The van der Waals surface area contributed by atoms with Crippen molar-refractivity contribution in [1.29, 1.82) is 0 Å². The molecule has 0 fully saturated rings. The Balaban J connectivity index is 3.50. The highest BCUT2D eigenvalue weighted by molar-refractivity contribution is 5.81. The van der Waals surface area contributed by atoms with Gasteiger partial charge in [-0.05, 0) is 40.3 Å². The smallest absolute Gasteiger partial charge is 0.236 e. The molecular weight excluding hydrogens is 190 g/mol. The zero-order chi connectivity index (χ0) is 11.8. The molecule has 15 heavy (non-hydrogen) atoms. The van der Waals surface area contributed by atoms with Crippen molar-refractivity contribution in [2.45, 2.75) is 45.7 Å². The van der Waals surface area contributed by atoms with Crippen LogP contribution in [0, 0.1) is 0 Å². The Labute approximate surface area is 93.2 Å². The van der Waals surface area contributed by atoms with Gasteiger partial charge in [-0.25, -0.2) is 0 Å². The molecule has 4 nitrogen and oxygen atoms in total. The summed E-state index contributed by atoms with van der Waals surface area (Å²) in [6.07, 6.45) is 1.66. The van der Waals surface area contributed by atoms with Crippen LogP contribution in [0.15, 0.2) is 0 Å². The maximum Gasteiger partial charge on any atom is 0.236 e. The number of hydrogen-bond donors (Lipinski definition) is 2. The van der Waals surface area contributed by atoms with Gasteiger partial charge in [-0.3, -0.25) is 4.79 Å². The summed E-state index contributed by atoms with van der Waals surface area (Å²) in [4.78, 5) is 13.6. The summed E-state index contributed by atoms with van der Waals surface area (Å²) in [5.74, 6) is -0.0373. The van der Waals surface area contributed by atoms with Crippen molar-refractivity contribution in [2.24, 2.45) is 5.73 Å². The fourth-order valence-electron chi connectivity index (χ4n) is 1.11. The molecule has 0 saturated heterocycles. The standard InChI is InChI=1S/C11H25N3O/c1-5-10(12)11(15)13-7-6-8-14(4)9(2)3/h9-10H,5-8,12H2,1-4H3,(H,13,15)/t10-/m0/s1. The lowest BCUT2D eigenvalue weighted by molar-refractivity contribution is -0.122. The Hall–Kier alpha value is -0.610. The minimum Gasteiger partial charge on any atom is -0.355 e. The molecule has 3 N–H and O–H groups in total. The van der Waals surface area contributed by atoms with Crippen molar-refractivity contribution in [3.63, 3.8) is 0 Å². The largest absolute Gasteiger partial charge is 0.355 e. The van der Waals surface area contributed by atoms with Crippen molar-refractivity contribution < 1.29 is 4.79 Å². The lowest BCUT2D eigenvalue weighted by atomic mass is 10.2. The van der Waals surface area contributed by atoms with Crippen molar-refractivity contribution in [3.05, 3.63) is 0 Å². The number of nitrogens with zero attached hydrogens (tertiary/aromatic N) is 1. The molecule has 0 aliphatic carbocycles. The van der Waals surface area contributed by atoms with Crippen molar-refractivity contribution >= 4 is 5.91 Å². The normalized spacial score (nSPS) is 13.3. The highest BCUT2D eigenvalue weighted by atomic mass is 16.2. The molecule has 0 bridgehead atoms. The highest BCUT2D eigenvalue weighted by Gasteiger charge is 2.09. The van der Waals surface area contributed by atoms with Crippen LogP contribution >= 0.6 is 0 Å². The monoisotopic (exact) mass is 215 g/mol. The van der Waals surface area contributed by atoms with E-state index in [4.69, 9.17) is 5.73 Å². The Kier molecular flexibility index (Phi) is 7.34. The molecule has 0 rings (SSSR count). The maximum absolute atomic E-state index is 11.3. The summed E-state index contributed by atoms with van der Waals surface area (Å²) in [7, 11) is 2.09. The predicted molar refractivity (Wildman–Crippen MR) is 63.7 cm³/mol. The van der Waals surface area contributed by atoms with E-state index in [1.165, 1.54) is 0 Å². The number of nitrogens with two attached hydrogens (primary N) is 1. The van der Waals surface area contributed by atoms with Gasteiger partial charge < -0.3 is 16.0 Å². The van der Waals surface area contributed by atoms with Crippen LogP contribution in [0.3, 0.4) is 0 Å². The van der Waals surface area contributed by atoms with Crippen LogP contribution in [-0.2, 0) is 4.79 Å². The zero-order valence-corrected chi connectivity index (χ0v) is 10.4. The molecule has 4 heteroatoms. The Bertz CT molecular complexity index is 183. The molecule has 0 aromatic carbocycles. The number of hydrogen-bond acceptors (Lipinski definition) is 3. The molecule has 0 aromatic heterocycles. The molecule has 0 unspecified atom stereocenters. The fourth-order valence-corrected chi connectivity index (χ4v) is 1.11. The van der Waals surface area contributed by atoms with E-state index in [1.807, 2.05) is 6.92 Å². The lowest BCUT2D eigenvalue weighted by Crippen LogP contribution is -2.41. The molecule has 0 spiro atoms. The van der Waals surface area contributed by atoms with E-state index in [0.29, 0.717) is 19.0 Å². The summed E-state index contributed by atoms with van der Waals surface area (Å²) in [5.41, 5.74) is 5.58. The van der Waals surface area contributed by atoms with Crippen LogP contribution in [0.4, 0.5) is 0 Å². The first-order valence-corrected chi connectivity index (χ1v) is 5.72. The second kappa shape index (κ2) is 7.65. The van der Waals surface area contributed by atoms with E-state index in [1.54, 1.807) is 0 Å². The molecule has 0 heterocycles. The fraction of sp³-hybridized carbons (Fsp3) is 0.909. The van der Waals surface area contributed by atoms with Gasteiger partial charge in [0.05, 0.1) is 6.04 Å². The first-order valence-electron chi connectivity index (χ1n) is 5.72. The van der Waals surface area contributed by atoms with E-state index in [-0.39, 0.29) is 11.9 Å². The minimum absolute atomic E-state index is 0.0373. The quantitative estimate of drug-likeness (QED) is 0.610. The molecule has 1 atom stereocenters. The number of amides is 1. The third-order valence-electron chi connectivity index (χ3n) is 2.64. The second-order valence-corrected chi connectivity index (χ2v) is 4.23. The molecule has 0 aliphatic heterocycles.